The van der Waals surface area contributed by atoms with E-state index in [2.05, 4.69) is 4.99 Å². The Kier molecular flexibility index (Phi) is 3.48. The van der Waals surface area contributed by atoms with Gasteiger partial charge in [-0.3, -0.25) is 10.1 Å². The van der Waals surface area contributed by atoms with E-state index in [-0.39, 0.29) is 22.3 Å². The summed E-state index contributed by atoms with van der Waals surface area (Å²) in [5, 5.41) is 10.7. The predicted octanol–water partition coefficient (Wildman–Crippen LogP) is 3.19. The molecule has 22 heavy (non-hydrogen) atoms. The molecule has 8 heteroatoms. The molecule has 0 amide bonds. The fourth-order valence-electron chi connectivity index (χ4n) is 1.82. The number of carbonyl (C=O) groups excluding carboxylic acids is 1. The summed E-state index contributed by atoms with van der Waals surface area (Å²) in [5.41, 5.74) is 0.188. The maximum Gasteiger partial charge on any atom is 0.363 e. The maximum atomic E-state index is 11.8. The van der Waals surface area contributed by atoms with E-state index in [1.165, 1.54) is 30.5 Å². The topological polar surface area (TPSA) is 94.9 Å². The normalized spacial score (nSPS) is 15.8. The van der Waals surface area contributed by atoms with Gasteiger partial charge < -0.3 is 9.15 Å². The molecule has 0 radical (unpaired) electrons. The number of hydrogen-bond donors (Lipinski definition) is 0. The van der Waals surface area contributed by atoms with E-state index in [4.69, 9.17) is 20.8 Å². The summed E-state index contributed by atoms with van der Waals surface area (Å²) < 4.78 is 10.1. The standard InChI is InChI=1S/C14H7ClN2O5/c15-11-6-8(17(19)20)3-4-10(11)13-16-12(14(18)22-13)7-9-2-1-5-21-9/h1-7H. The highest BCUT2D eigenvalue weighted by Gasteiger charge is 2.26. The number of nitro benzene ring substituents is 1. The Morgan fingerprint density at radius 1 is 1.32 bits per heavy atom. The molecule has 1 aromatic heterocycles. The number of aliphatic imine (C=N–C) groups is 1. The van der Waals surface area contributed by atoms with Crippen LogP contribution in [0.15, 0.2) is 51.7 Å². The fraction of sp³-hybridized carbons (Fsp3) is 0. The average Bonchev–Trinajstić information content (AvgIpc) is 3.10. The quantitative estimate of drug-likeness (QED) is 0.375. The van der Waals surface area contributed by atoms with Gasteiger partial charge in [0.05, 0.1) is 21.8 Å². The second-order valence-corrected chi connectivity index (χ2v) is 4.68. The van der Waals surface area contributed by atoms with E-state index in [0.29, 0.717) is 11.3 Å². The van der Waals surface area contributed by atoms with Crippen molar-refractivity contribution in [3.05, 3.63) is 68.8 Å². The van der Waals surface area contributed by atoms with Crippen LogP contribution < -0.4 is 0 Å². The summed E-state index contributed by atoms with van der Waals surface area (Å²) >= 11 is 5.98. The molecule has 0 bridgehead atoms. The van der Waals surface area contributed by atoms with Crippen molar-refractivity contribution in [3.8, 4) is 0 Å². The van der Waals surface area contributed by atoms with Crippen LogP contribution in [0.1, 0.15) is 11.3 Å². The monoisotopic (exact) mass is 318 g/mol. The molecule has 0 atom stereocenters. The Hall–Kier alpha value is -2.93. The minimum atomic E-state index is -0.652. The summed E-state index contributed by atoms with van der Waals surface area (Å²) in [6.45, 7) is 0. The van der Waals surface area contributed by atoms with E-state index in [1.54, 1.807) is 12.1 Å². The van der Waals surface area contributed by atoms with Crippen molar-refractivity contribution >= 4 is 35.2 Å². The second-order valence-electron chi connectivity index (χ2n) is 4.27. The summed E-state index contributed by atoms with van der Waals surface area (Å²) in [5.74, 6) is -0.213. The first kappa shape index (κ1) is 14.0. The van der Waals surface area contributed by atoms with Gasteiger partial charge in [-0.25, -0.2) is 9.79 Å². The molecule has 0 fully saturated rings. The van der Waals surface area contributed by atoms with Gasteiger partial charge in [-0.2, -0.15) is 0 Å². The van der Waals surface area contributed by atoms with Crippen LogP contribution in [-0.4, -0.2) is 16.8 Å². The lowest BCUT2D eigenvalue weighted by atomic mass is 10.2. The van der Waals surface area contributed by atoms with Gasteiger partial charge >= 0.3 is 5.97 Å². The average molecular weight is 319 g/mol. The lowest BCUT2D eigenvalue weighted by molar-refractivity contribution is -0.384. The molecule has 110 valence electrons. The highest BCUT2D eigenvalue weighted by atomic mass is 35.5. The Morgan fingerprint density at radius 3 is 2.77 bits per heavy atom. The van der Waals surface area contributed by atoms with Crippen LogP contribution in [0.5, 0.6) is 0 Å². The first-order valence-corrected chi connectivity index (χ1v) is 6.43. The van der Waals surface area contributed by atoms with Crippen LogP contribution in [0, 0.1) is 10.1 Å². The van der Waals surface area contributed by atoms with Crippen molar-refractivity contribution < 1.29 is 18.9 Å². The third-order valence-electron chi connectivity index (χ3n) is 2.84. The van der Waals surface area contributed by atoms with E-state index in [0.717, 1.165) is 0 Å². The predicted molar refractivity (Wildman–Crippen MR) is 77.4 cm³/mol. The van der Waals surface area contributed by atoms with Crippen LogP contribution in [-0.2, 0) is 9.53 Å². The Labute approximate surface area is 128 Å². The lowest BCUT2D eigenvalue weighted by Crippen LogP contribution is -2.06. The van der Waals surface area contributed by atoms with Crippen molar-refractivity contribution in [1.82, 2.24) is 0 Å². The number of rotatable bonds is 3. The molecule has 2 aromatic rings. The number of non-ortho nitro benzene ring substituents is 1. The van der Waals surface area contributed by atoms with Crippen LogP contribution in [0.3, 0.4) is 0 Å². The van der Waals surface area contributed by atoms with E-state index < -0.39 is 10.9 Å². The van der Waals surface area contributed by atoms with Crippen molar-refractivity contribution in [2.75, 3.05) is 0 Å². The third-order valence-corrected chi connectivity index (χ3v) is 3.15. The highest BCUT2D eigenvalue weighted by Crippen LogP contribution is 2.27. The maximum absolute atomic E-state index is 11.8. The van der Waals surface area contributed by atoms with Crippen molar-refractivity contribution in [2.24, 2.45) is 4.99 Å². The van der Waals surface area contributed by atoms with Gasteiger partial charge in [-0.15, -0.1) is 0 Å². The molecule has 0 spiro atoms. The Morgan fingerprint density at radius 2 is 2.14 bits per heavy atom. The van der Waals surface area contributed by atoms with Crippen molar-refractivity contribution in [2.45, 2.75) is 0 Å². The van der Waals surface area contributed by atoms with Gasteiger partial charge in [0.15, 0.2) is 5.70 Å². The van der Waals surface area contributed by atoms with E-state index >= 15 is 0 Å². The first-order chi connectivity index (χ1) is 10.5. The molecule has 1 aliphatic rings. The number of halogens is 1. The van der Waals surface area contributed by atoms with Crippen LogP contribution >= 0.6 is 11.6 Å². The molecule has 0 N–H and O–H groups in total. The number of nitrogens with zero attached hydrogens (tertiary/aromatic N) is 2. The van der Waals surface area contributed by atoms with Crippen LogP contribution in [0.25, 0.3) is 6.08 Å². The number of furan rings is 1. The van der Waals surface area contributed by atoms with Crippen molar-refractivity contribution in [3.63, 3.8) is 0 Å². The van der Waals surface area contributed by atoms with Crippen LogP contribution in [0.2, 0.25) is 5.02 Å². The molecular weight excluding hydrogens is 312 g/mol. The van der Waals surface area contributed by atoms with Gasteiger partial charge in [0.1, 0.15) is 5.76 Å². The first-order valence-electron chi connectivity index (χ1n) is 6.05. The minimum Gasteiger partial charge on any atom is -0.465 e. The van der Waals surface area contributed by atoms with Crippen molar-refractivity contribution in [1.29, 1.82) is 0 Å². The number of carbonyl (C=O) groups is 1. The fourth-order valence-corrected chi connectivity index (χ4v) is 2.08. The van der Waals surface area contributed by atoms with E-state index in [1.807, 2.05) is 0 Å². The molecule has 3 rings (SSSR count). The van der Waals surface area contributed by atoms with Gasteiger partial charge in [0, 0.05) is 18.2 Å². The Bertz CT molecular complexity index is 824. The zero-order chi connectivity index (χ0) is 15.7. The summed E-state index contributed by atoms with van der Waals surface area (Å²) in [6.07, 6.45) is 2.89. The molecule has 7 nitrogen and oxygen atoms in total. The SMILES string of the molecule is O=C1OC(c2ccc([N+](=O)[O-])cc2Cl)=NC1=Cc1ccco1. The number of esters is 1. The number of hydrogen-bond acceptors (Lipinski definition) is 6. The number of ether oxygens (including phenoxy) is 1. The number of nitro groups is 1. The van der Waals surface area contributed by atoms with E-state index in [9.17, 15) is 14.9 Å². The van der Waals surface area contributed by atoms with Crippen LogP contribution in [0.4, 0.5) is 5.69 Å². The number of cyclic esters (lactones) is 1. The van der Waals surface area contributed by atoms with Gasteiger partial charge in [0.2, 0.25) is 5.90 Å². The Balaban J connectivity index is 1.96. The molecule has 1 aliphatic heterocycles. The van der Waals surface area contributed by atoms with Gasteiger partial charge in [-0.1, -0.05) is 11.6 Å². The second kappa shape index (κ2) is 5.45. The molecule has 2 heterocycles. The molecule has 0 saturated carbocycles. The smallest absolute Gasteiger partial charge is 0.363 e. The largest absolute Gasteiger partial charge is 0.465 e. The summed E-state index contributed by atoms with van der Waals surface area (Å²) in [4.78, 5) is 25.9. The van der Waals surface area contributed by atoms with Gasteiger partial charge in [0.25, 0.3) is 5.69 Å². The minimum absolute atomic E-state index is 0.0114. The summed E-state index contributed by atoms with van der Waals surface area (Å²) in [7, 11) is 0. The number of benzene rings is 1. The highest BCUT2D eigenvalue weighted by molar-refractivity contribution is 6.34. The van der Waals surface area contributed by atoms with Gasteiger partial charge in [-0.05, 0) is 18.2 Å². The molecule has 0 saturated heterocycles. The summed E-state index contributed by atoms with van der Waals surface area (Å²) in [6, 6.07) is 7.13. The molecule has 0 unspecified atom stereocenters. The molecule has 0 aliphatic carbocycles. The molecular formula is C14H7ClN2O5. The zero-order valence-electron chi connectivity index (χ0n) is 10.9. The third kappa shape index (κ3) is 2.61. The molecule has 1 aromatic carbocycles. The lowest BCUT2D eigenvalue weighted by Gasteiger charge is -2.02. The zero-order valence-corrected chi connectivity index (χ0v) is 11.6.